The monoisotopic (exact) mass is 303 g/mol. The van der Waals surface area contributed by atoms with Crippen molar-refractivity contribution >= 4 is 0 Å². The van der Waals surface area contributed by atoms with Gasteiger partial charge in [0.1, 0.15) is 0 Å². The number of benzene rings is 1. The highest BCUT2D eigenvalue weighted by molar-refractivity contribution is 5.54. The topological polar surface area (TPSA) is 94.2 Å². The van der Waals surface area contributed by atoms with E-state index < -0.39 is 0 Å². The summed E-state index contributed by atoms with van der Waals surface area (Å²) in [5.74, 6) is 1.19. The lowest BCUT2D eigenvalue weighted by Crippen LogP contribution is -2.23. The molecule has 0 aliphatic carbocycles. The second kappa shape index (κ2) is 8.03. The summed E-state index contributed by atoms with van der Waals surface area (Å²) in [6, 6.07) is 8.21. The van der Waals surface area contributed by atoms with Crippen LogP contribution in [0.15, 0.2) is 28.8 Å². The fourth-order valence-electron chi connectivity index (χ4n) is 2.29. The van der Waals surface area contributed by atoms with E-state index >= 15 is 0 Å². The van der Waals surface area contributed by atoms with E-state index in [0.29, 0.717) is 24.7 Å². The van der Waals surface area contributed by atoms with Gasteiger partial charge in [0.05, 0.1) is 0 Å². The van der Waals surface area contributed by atoms with Gasteiger partial charge in [-0.2, -0.15) is 4.98 Å². The molecule has 1 aromatic heterocycles. The lowest BCUT2D eigenvalue weighted by atomic mass is 10.1. The third-order valence-corrected chi connectivity index (χ3v) is 3.39. The third kappa shape index (κ3) is 4.91. The molecule has 0 saturated carbocycles. The number of hydrogen-bond acceptors (Lipinski definition) is 6. The van der Waals surface area contributed by atoms with Crippen LogP contribution in [-0.2, 0) is 13.0 Å². The van der Waals surface area contributed by atoms with Gasteiger partial charge in [0.25, 0.3) is 0 Å². The molecule has 6 heteroatoms. The van der Waals surface area contributed by atoms with Crippen LogP contribution < -0.4 is 11.5 Å². The van der Waals surface area contributed by atoms with Gasteiger partial charge in [-0.05, 0) is 39.0 Å². The molecule has 1 heterocycles. The van der Waals surface area contributed by atoms with Crippen LogP contribution in [0.4, 0.5) is 0 Å². The Bertz CT molecular complexity index is 564. The van der Waals surface area contributed by atoms with Gasteiger partial charge >= 0.3 is 0 Å². The molecule has 0 radical (unpaired) electrons. The van der Waals surface area contributed by atoms with Crippen LogP contribution in [0.1, 0.15) is 24.3 Å². The smallest absolute Gasteiger partial charge is 0.228 e. The van der Waals surface area contributed by atoms with Crippen LogP contribution in [0.25, 0.3) is 11.4 Å². The first-order chi connectivity index (χ1) is 10.6. The molecule has 0 fully saturated rings. The lowest BCUT2D eigenvalue weighted by Gasteiger charge is -2.09. The highest BCUT2D eigenvalue weighted by Crippen LogP contribution is 2.17. The van der Waals surface area contributed by atoms with E-state index in [1.165, 1.54) is 5.56 Å². The summed E-state index contributed by atoms with van der Waals surface area (Å²) >= 11 is 0. The van der Waals surface area contributed by atoms with Crippen molar-refractivity contribution in [2.45, 2.75) is 31.8 Å². The first kappa shape index (κ1) is 16.6. The maximum absolute atomic E-state index is 6.02. The molecule has 120 valence electrons. The molecule has 2 rings (SSSR count). The van der Waals surface area contributed by atoms with Crippen molar-refractivity contribution in [2.75, 3.05) is 20.6 Å². The van der Waals surface area contributed by atoms with Crippen LogP contribution in [-0.4, -0.2) is 41.7 Å². The summed E-state index contributed by atoms with van der Waals surface area (Å²) < 4.78 is 5.28. The molecule has 22 heavy (non-hydrogen) atoms. The molecule has 4 N–H and O–H groups in total. The fourth-order valence-corrected chi connectivity index (χ4v) is 2.29. The maximum Gasteiger partial charge on any atom is 0.228 e. The van der Waals surface area contributed by atoms with Gasteiger partial charge in [-0.25, -0.2) is 0 Å². The van der Waals surface area contributed by atoms with Gasteiger partial charge in [0.2, 0.25) is 11.7 Å². The molecule has 0 aliphatic rings. The summed E-state index contributed by atoms with van der Waals surface area (Å²) in [7, 11) is 4.10. The molecule has 0 unspecified atom stereocenters. The third-order valence-electron chi connectivity index (χ3n) is 3.39. The lowest BCUT2D eigenvalue weighted by molar-refractivity contribution is 0.365. The molecule has 2 aromatic rings. The molecule has 1 atom stereocenters. The van der Waals surface area contributed by atoms with E-state index in [1.54, 1.807) is 0 Å². The van der Waals surface area contributed by atoms with Gasteiger partial charge < -0.3 is 20.9 Å². The Morgan fingerprint density at radius 2 is 1.95 bits per heavy atom. The van der Waals surface area contributed by atoms with Crippen LogP contribution in [0, 0.1) is 0 Å². The van der Waals surface area contributed by atoms with Gasteiger partial charge in [0, 0.05) is 24.6 Å². The summed E-state index contributed by atoms with van der Waals surface area (Å²) in [5.41, 5.74) is 13.7. The molecule has 1 aromatic carbocycles. The van der Waals surface area contributed by atoms with Crippen molar-refractivity contribution < 1.29 is 4.52 Å². The summed E-state index contributed by atoms with van der Waals surface area (Å²) in [6.45, 7) is 1.57. The zero-order valence-electron chi connectivity index (χ0n) is 13.3. The molecular weight excluding hydrogens is 278 g/mol. The normalized spacial score (nSPS) is 12.8. The van der Waals surface area contributed by atoms with Crippen molar-refractivity contribution in [1.29, 1.82) is 0 Å². The van der Waals surface area contributed by atoms with E-state index in [2.05, 4.69) is 27.2 Å². The zero-order valence-corrected chi connectivity index (χ0v) is 13.3. The van der Waals surface area contributed by atoms with Crippen molar-refractivity contribution in [3.05, 3.63) is 35.7 Å². The Morgan fingerprint density at radius 3 is 2.59 bits per heavy atom. The SMILES string of the molecule is CN(C)Cc1ccc(-c2noc(C[C@H](N)CCCN)n2)cc1. The summed E-state index contributed by atoms with van der Waals surface area (Å²) in [5, 5.41) is 4.03. The first-order valence-electron chi connectivity index (χ1n) is 7.60. The van der Waals surface area contributed by atoms with Crippen LogP contribution in [0.2, 0.25) is 0 Å². The number of aromatic nitrogens is 2. The van der Waals surface area contributed by atoms with Crippen molar-refractivity contribution in [1.82, 2.24) is 15.0 Å². The molecule has 0 aliphatic heterocycles. The predicted octanol–water partition coefficient (Wildman–Crippen LogP) is 1.41. The van der Waals surface area contributed by atoms with Crippen LogP contribution in [0.5, 0.6) is 0 Å². The second-order valence-corrected chi connectivity index (χ2v) is 5.84. The van der Waals surface area contributed by atoms with Gasteiger partial charge in [-0.15, -0.1) is 0 Å². The number of nitrogens with two attached hydrogens (primary N) is 2. The van der Waals surface area contributed by atoms with Crippen molar-refractivity contribution in [3.8, 4) is 11.4 Å². The Balaban J connectivity index is 1.98. The molecule has 6 nitrogen and oxygen atoms in total. The predicted molar refractivity (Wildman–Crippen MR) is 87.1 cm³/mol. The Labute approximate surface area is 131 Å². The molecular formula is C16H25N5O. The average molecular weight is 303 g/mol. The first-order valence-corrected chi connectivity index (χ1v) is 7.60. The Hall–Kier alpha value is -1.76. The fraction of sp³-hybridized carbons (Fsp3) is 0.500. The average Bonchev–Trinajstić information content (AvgIpc) is 2.93. The van der Waals surface area contributed by atoms with Crippen molar-refractivity contribution in [3.63, 3.8) is 0 Å². The number of nitrogens with zero attached hydrogens (tertiary/aromatic N) is 3. The number of hydrogen-bond donors (Lipinski definition) is 2. The molecule has 0 saturated heterocycles. The second-order valence-electron chi connectivity index (χ2n) is 5.84. The highest BCUT2D eigenvalue weighted by Gasteiger charge is 2.12. The minimum atomic E-state index is 0.0133. The quantitative estimate of drug-likeness (QED) is 0.765. The zero-order chi connectivity index (χ0) is 15.9. The maximum atomic E-state index is 6.02. The molecule has 0 bridgehead atoms. The largest absolute Gasteiger partial charge is 0.339 e. The number of rotatable bonds is 8. The van der Waals surface area contributed by atoms with Gasteiger partial charge in [0.15, 0.2) is 0 Å². The minimum absolute atomic E-state index is 0.0133. The van der Waals surface area contributed by atoms with E-state index in [-0.39, 0.29) is 6.04 Å². The molecule has 0 spiro atoms. The standard InChI is InChI=1S/C16H25N5O/c1-21(2)11-12-5-7-13(8-6-12)16-19-15(22-20-16)10-14(18)4-3-9-17/h5-8,14H,3-4,9-11,17-18H2,1-2H3/t14-/m1/s1. The minimum Gasteiger partial charge on any atom is -0.339 e. The van der Waals surface area contributed by atoms with Crippen molar-refractivity contribution in [2.24, 2.45) is 11.5 Å². The molecule has 0 amide bonds. The Morgan fingerprint density at radius 1 is 1.23 bits per heavy atom. The van der Waals surface area contributed by atoms with Gasteiger partial charge in [-0.3, -0.25) is 0 Å². The van der Waals surface area contributed by atoms with Crippen LogP contribution in [0.3, 0.4) is 0 Å². The van der Waals surface area contributed by atoms with Crippen LogP contribution >= 0.6 is 0 Å². The van der Waals surface area contributed by atoms with E-state index in [0.717, 1.165) is 24.9 Å². The summed E-state index contributed by atoms with van der Waals surface area (Å²) in [6.07, 6.45) is 2.37. The van der Waals surface area contributed by atoms with E-state index in [1.807, 2.05) is 26.2 Å². The highest BCUT2D eigenvalue weighted by atomic mass is 16.5. The Kier molecular flexibility index (Phi) is 6.06. The van der Waals surface area contributed by atoms with E-state index in [4.69, 9.17) is 16.0 Å². The van der Waals surface area contributed by atoms with E-state index in [9.17, 15) is 0 Å². The van der Waals surface area contributed by atoms with Gasteiger partial charge in [-0.1, -0.05) is 29.4 Å². The summed E-state index contributed by atoms with van der Waals surface area (Å²) in [4.78, 5) is 6.55.